The largest absolute Gasteiger partial charge is 0.497 e. The first-order valence-electron chi connectivity index (χ1n) is 9.90. The van der Waals surface area contributed by atoms with Crippen LogP contribution in [-0.4, -0.2) is 49.0 Å². The van der Waals surface area contributed by atoms with Gasteiger partial charge in [0.25, 0.3) is 0 Å². The summed E-state index contributed by atoms with van der Waals surface area (Å²) in [6, 6.07) is 15.5. The second-order valence-electron chi connectivity index (χ2n) is 7.11. The van der Waals surface area contributed by atoms with Gasteiger partial charge in [-0.15, -0.1) is 0 Å². The highest BCUT2D eigenvalue weighted by Crippen LogP contribution is 2.23. The molecular formula is C22H27N3O5. The highest BCUT2D eigenvalue weighted by Gasteiger charge is 2.33. The SMILES string of the molecule is COc1cccc(NC(=O)N[C@@H]2CC[C@@H](CC(=O)Nc3ccccc3)O[C@H]2CO)c1. The van der Waals surface area contributed by atoms with Gasteiger partial charge < -0.3 is 30.5 Å². The molecule has 3 rings (SSSR count). The smallest absolute Gasteiger partial charge is 0.319 e. The zero-order chi connectivity index (χ0) is 21.3. The maximum atomic E-state index is 12.3. The Balaban J connectivity index is 1.48. The Bertz CT molecular complexity index is 846. The minimum absolute atomic E-state index is 0.148. The zero-order valence-electron chi connectivity index (χ0n) is 16.8. The highest BCUT2D eigenvalue weighted by atomic mass is 16.5. The summed E-state index contributed by atoms with van der Waals surface area (Å²) in [5.74, 6) is 0.490. The summed E-state index contributed by atoms with van der Waals surface area (Å²) in [4.78, 5) is 24.6. The molecule has 8 nitrogen and oxygen atoms in total. The number of urea groups is 1. The van der Waals surface area contributed by atoms with Crippen LogP contribution in [0.2, 0.25) is 0 Å². The minimum atomic E-state index is -0.579. The predicted molar refractivity (Wildman–Crippen MR) is 114 cm³/mol. The Hall–Kier alpha value is -3.10. The lowest BCUT2D eigenvalue weighted by Gasteiger charge is -2.35. The van der Waals surface area contributed by atoms with Crippen molar-refractivity contribution >= 4 is 23.3 Å². The summed E-state index contributed by atoms with van der Waals surface area (Å²) in [5, 5.41) is 18.1. The maximum Gasteiger partial charge on any atom is 0.319 e. The van der Waals surface area contributed by atoms with Crippen LogP contribution in [0.3, 0.4) is 0 Å². The topological polar surface area (TPSA) is 109 Å². The minimum Gasteiger partial charge on any atom is -0.497 e. The van der Waals surface area contributed by atoms with Crippen molar-refractivity contribution in [3.05, 3.63) is 54.6 Å². The Labute approximate surface area is 175 Å². The van der Waals surface area contributed by atoms with Gasteiger partial charge >= 0.3 is 6.03 Å². The number of aliphatic hydroxyl groups excluding tert-OH is 1. The highest BCUT2D eigenvalue weighted by molar-refractivity contribution is 5.91. The number of amides is 3. The Morgan fingerprint density at radius 3 is 2.57 bits per heavy atom. The number of aliphatic hydroxyl groups is 1. The molecule has 1 saturated heterocycles. The van der Waals surface area contributed by atoms with Crippen molar-refractivity contribution in [2.75, 3.05) is 24.4 Å². The number of para-hydroxylation sites is 1. The molecular weight excluding hydrogens is 386 g/mol. The summed E-state index contributed by atoms with van der Waals surface area (Å²) in [7, 11) is 1.56. The Kier molecular flexibility index (Phi) is 7.64. The van der Waals surface area contributed by atoms with Gasteiger partial charge in [-0.05, 0) is 37.1 Å². The average Bonchev–Trinajstić information content (AvgIpc) is 2.75. The fourth-order valence-corrected chi connectivity index (χ4v) is 3.42. The molecule has 0 spiro atoms. The molecule has 0 aliphatic carbocycles. The van der Waals surface area contributed by atoms with Gasteiger partial charge in [-0.25, -0.2) is 4.79 Å². The molecule has 8 heteroatoms. The van der Waals surface area contributed by atoms with E-state index >= 15 is 0 Å². The molecule has 30 heavy (non-hydrogen) atoms. The van der Waals surface area contributed by atoms with Crippen LogP contribution in [0.5, 0.6) is 5.75 Å². The van der Waals surface area contributed by atoms with Gasteiger partial charge in [0, 0.05) is 17.4 Å². The van der Waals surface area contributed by atoms with E-state index in [1.807, 2.05) is 30.3 Å². The molecule has 1 fully saturated rings. The maximum absolute atomic E-state index is 12.3. The molecule has 1 aliphatic heterocycles. The molecule has 0 saturated carbocycles. The van der Waals surface area contributed by atoms with Crippen LogP contribution in [0.1, 0.15) is 19.3 Å². The van der Waals surface area contributed by atoms with Crippen molar-refractivity contribution in [3.8, 4) is 5.75 Å². The van der Waals surface area contributed by atoms with E-state index in [-0.39, 0.29) is 31.1 Å². The summed E-state index contributed by atoms with van der Waals surface area (Å²) in [6.45, 7) is -0.249. The third-order valence-corrected chi connectivity index (χ3v) is 4.91. The number of carbonyl (C=O) groups excluding carboxylic acids is 2. The van der Waals surface area contributed by atoms with Crippen LogP contribution in [-0.2, 0) is 9.53 Å². The van der Waals surface area contributed by atoms with Gasteiger partial charge in [-0.2, -0.15) is 0 Å². The molecule has 1 aliphatic rings. The van der Waals surface area contributed by atoms with Crippen molar-refractivity contribution in [1.29, 1.82) is 0 Å². The fraction of sp³-hybridized carbons (Fsp3) is 0.364. The van der Waals surface area contributed by atoms with E-state index in [2.05, 4.69) is 16.0 Å². The van der Waals surface area contributed by atoms with Gasteiger partial charge in [0.15, 0.2) is 0 Å². The fourth-order valence-electron chi connectivity index (χ4n) is 3.42. The van der Waals surface area contributed by atoms with Gasteiger partial charge in [-0.1, -0.05) is 24.3 Å². The Morgan fingerprint density at radius 1 is 1.07 bits per heavy atom. The first kappa shape index (κ1) is 21.6. The van der Waals surface area contributed by atoms with Crippen LogP contribution >= 0.6 is 0 Å². The molecule has 0 unspecified atom stereocenters. The van der Waals surface area contributed by atoms with Gasteiger partial charge in [0.05, 0.1) is 32.3 Å². The summed E-state index contributed by atoms with van der Waals surface area (Å²) < 4.78 is 11.0. The van der Waals surface area contributed by atoms with E-state index < -0.39 is 12.1 Å². The van der Waals surface area contributed by atoms with Gasteiger partial charge in [-0.3, -0.25) is 4.79 Å². The van der Waals surface area contributed by atoms with E-state index in [9.17, 15) is 14.7 Å². The monoisotopic (exact) mass is 413 g/mol. The molecule has 160 valence electrons. The molecule has 3 atom stereocenters. The third kappa shape index (κ3) is 6.20. The standard InChI is InChI=1S/C22H27N3O5/c1-29-17-9-5-8-16(12-17)24-22(28)25-19-11-10-18(30-20(19)14-26)13-21(27)23-15-6-3-2-4-7-15/h2-9,12,18-20,26H,10-11,13-14H2,1H3,(H,23,27)(H2,24,25,28)/t18-,19+,20-/m0/s1. The van der Waals surface area contributed by atoms with Gasteiger partial charge in [0.1, 0.15) is 11.9 Å². The number of rotatable bonds is 7. The average molecular weight is 413 g/mol. The lowest BCUT2D eigenvalue weighted by molar-refractivity contribution is -0.126. The van der Waals surface area contributed by atoms with Gasteiger partial charge in [0.2, 0.25) is 5.91 Å². The molecule has 0 bridgehead atoms. The molecule has 2 aromatic rings. The third-order valence-electron chi connectivity index (χ3n) is 4.91. The van der Waals surface area contributed by atoms with E-state index in [1.165, 1.54) is 0 Å². The quantitative estimate of drug-likeness (QED) is 0.558. The molecule has 0 radical (unpaired) electrons. The zero-order valence-corrected chi connectivity index (χ0v) is 16.8. The summed E-state index contributed by atoms with van der Waals surface area (Å²) in [5.41, 5.74) is 1.32. The van der Waals surface area contributed by atoms with Crippen LogP contribution in [0, 0.1) is 0 Å². The van der Waals surface area contributed by atoms with E-state index in [0.717, 1.165) is 5.69 Å². The lowest BCUT2D eigenvalue weighted by atomic mass is 9.97. The number of methoxy groups -OCH3 is 1. The van der Waals surface area contributed by atoms with Crippen molar-refractivity contribution in [2.45, 2.75) is 37.5 Å². The second-order valence-corrected chi connectivity index (χ2v) is 7.11. The second kappa shape index (κ2) is 10.6. The molecule has 4 N–H and O–H groups in total. The molecule has 3 amide bonds. The number of benzene rings is 2. The van der Waals surface area contributed by atoms with Crippen LogP contribution in [0.15, 0.2) is 54.6 Å². The normalized spacial score (nSPS) is 20.8. The molecule has 0 aromatic heterocycles. The van der Waals surface area contributed by atoms with Crippen LogP contribution in [0.4, 0.5) is 16.2 Å². The first-order chi connectivity index (χ1) is 14.6. The van der Waals surface area contributed by atoms with Crippen LogP contribution in [0.25, 0.3) is 0 Å². The number of hydrogen-bond donors (Lipinski definition) is 4. The predicted octanol–water partition coefficient (Wildman–Crippen LogP) is 2.75. The van der Waals surface area contributed by atoms with Crippen molar-refractivity contribution in [1.82, 2.24) is 5.32 Å². The first-order valence-corrected chi connectivity index (χ1v) is 9.90. The van der Waals surface area contributed by atoms with Crippen LogP contribution < -0.4 is 20.7 Å². The molecule has 1 heterocycles. The number of nitrogens with one attached hydrogen (secondary N) is 3. The summed E-state index contributed by atoms with van der Waals surface area (Å²) >= 11 is 0. The van der Waals surface area contributed by atoms with E-state index in [1.54, 1.807) is 31.4 Å². The Morgan fingerprint density at radius 2 is 1.83 bits per heavy atom. The molecule has 2 aromatic carbocycles. The number of ether oxygens (including phenoxy) is 2. The van der Waals surface area contributed by atoms with Crippen molar-refractivity contribution < 1.29 is 24.2 Å². The number of anilines is 2. The van der Waals surface area contributed by atoms with E-state index in [4.69, 9.17) is 9.47 Å². The van der Waals surface area contributed by atoms with Crippen molar-refractivity contribution in [3.63, 3.8) is 0 Å². The lowest BCUT2D eigenvalue weighted by Crippen LogP contribution is -2.52. The summed E-state index contributed by atoms with van der Waals surface area (Å²) in [6.07, 6.45) is 0.492. The van der Waals surface area contributed by atoms with E-state index in [0.29, 0.717) is 24.3 Å². The van der Waals surface area contributed by atoms with Crippen molar-refractivity contribution in [2.24, 2.45) is 0 Å². The number of hydrogen-bond acceptors (Lipinski definition) is 5. The number of carbonyl (C=O) groups is 2.